The lowest BCUT2D eigenvalue weighted by Crippen LogP contribution is -2.19. The molecule has 0 saturated carbocycles. The van der Waals surface area contributed by atoms with Gasteiger partial charge < -0.3 is 14.8 Å². The number of hydrogen-bond donors (Lipinski definition) is 1. The van der Waals surface area contributed by atoms with Crippen LogP contribution in [0.15, 0.2) is 42.5 Å². The van der Waals surface area contributed by atoms with E-state index in [2.05, 4.69) is 5.32 Å². The van der Waals surface area contributed by atoms with Gasteiger partial charge >= 0.3 is 0 Å². The van der Waals surface area contributed by atoms with Gasteiger partial charge in [-0.2, -0.15) is 0 Å². The van der Waals surface area contributed by atoms with Gasteiger partial charge in [0.25, 0.3) is 0 Å². The maximum atomic E-state index is 13.5. The third kappa shape index (κ3) is 2.75. The topological polar surface area (TPSA) is 30.5 Å². The van der Waals surface area contributed by atoms with E-state index in [-0.39, 0.29) is 11.9 Å². The zero-order chi connectivity index (χ0) is 14.5. The normalized spacial score (nSPS) is 12.0. The molecule has 0 heterocycles. The molecule has 1 N–H and O–H groups in total. The van der Waals surface area contributed by atoms with Crippen molar-refractivity contribution in [2.45, 2.75) is 6.04 Å². The first-order valence-corrected chi connectivity index (χ1v) is 6.35. The molecule has 1 atom stereocenters. The minimum absolute atomic E-state index is 0.211. The van der Waals surface area contributed by atoms with Crippen molar-refractivity contribution in [2.24, 2.45) is 0 Å². The molecule has 0 fully saturated rings. The Morgan fingerprint density at radius 1 is 1.00 bits per heavy atom. The molecule has 106 valence electrons. The molecule has 1 unspecified atom stereocenters. The summed E-state index contributed by atoms with van der Waals surface area (Å²) in [5, 5.41) is 3.18. The van der Waals surface area contributed by atoms with Crippen LogP contribution in [-0.4, -0.2) is 21.3 Å². The number of nitrogens with one attached hydrogen (secondary N) is 1. The highest BCUT2D eigenvalue weighted by atomic mass is 19.1. The molecule has 2 aromatic carbocycles. The summed E-state index contributed by atoms with van der Waals surface area (Å²) in [6, 6.07) is 11.9. The number of methoxy groups -OCH3 is 2. The first kappa shape index (κ1) is 14.3. The third-order valence-corrected chi connectivity index (χ3v) is 3.23. The van der Waals surface area contributed by atoms with Crippen LogP contribution in [0.5, 0.6) is 11.5 Å². The van der Waals surface area contributed by atoms with Crippen molar-refractivity contribution in [1.29, 1.82) is 0 Å². The highest BCUT2D eigenvalue weighted by molar-refractivity contribution is 5.50. The molecule has 0 aromatic heterocycles. The minimum atomic E-state index is -0.267. The van der Waals surface area contributed by atoms with Crippen molar-refractivity contribution in [2.75, 3.05) is 21.3 Å². The number of halogens is 1. The Bertz CT molecular complexity index is 564. The Morgan fingerprint density at radius 3 is 2.10 bits per heavy atom. The summed E-state index contributed by atoms with van der Waals surface area (Å²) < 4.78 is 24.3. The molecular formula is C16H18FNO2. The Hall–Kier alpha value is -2.07. The fourth-order valence-corrected chi connectivity index (χ4v) is 2.33. The summed E-state index contributed by atoms with van der Waals surface area (Å²) in [6.07, 6.45) is 0. The van der Waals surface area contributed by atoms with Crippen LogP contribution in [0.3, 0.4) is 0 Å². The minimum Gasteiger partial charge on any atom is -0.496 e. The second-order valence-electron chi connectivity index (χ2n) is 4.35. The molecule has 2 aromatic rings. The number of benzene rings is 2. The van der Waals surface area contributed by atoms with Crippen molar-refractivity contribution in [1.82, 2.24) is 5.32 Å². The van der Waals surface area contributed by atoms with Crippen molar-refractivity contribution < 1.29 is 13.9 Å². The summed E-state index contributed by atoms with van der Waals surface area (Å²) in [4.78, 5) is 0. The molecule has 4 heteroatoms. The summed E-state index contributed by atoms with van der Waals surface area (Å²) in [5.41, 5.74) is 1.67. The molecule has 0 bridgehead atoms. The van der Waals surface area contributed by atoms with E-state index in [1.54, 1.807) is 20.3 Å². The van der Waals surface area contributed by atoms with Crippen molar-refractivity contribution in [3.8, 4) is 11.5 Å². The van der Waals surface area contributed by atoms with E-state index in [1.165, 1.54) is 12.1 Å². The molecule has 20 heavy (non-hydrogen) atoms. The smallest absolute Gasteiger partial charge is 0.127 e. The SMILES string of the molecule is CNC(c1cccc(F)c1)c1c(OC)cccc1OC. The maximum absolute atomic E-state index is 13.5. The van der Waals surface area contributed by atoms with Crippen molar-refractivity contribution >= 4 is 0 Å². The number of hydrogen-bond acceptors (Lipinski definition) is 3. The van der Waals surface area contributed by atoms with Gasteiger partial charge in [-0.15, -0.1) is 0 Å². The largest absolute Gasteiger partial charge is 0.496 e. The van der Waals surface area contributed by atoms with Crippen molar-refractivity contribution in [3.05, 3.63) is 59.4 Å². The summed E-state index contributed by atoms with van der Waals surface area (Å²) in [7, 11) is 5.04. The first-order valence-electron chi connectivity index (χ1n) is 6.35. The van der Waals surface area contributed by atoms with E-state index in [0.29, 0.717) is 11.5 Å². The van der Waals surface area contributed by atoms with E-state index in [9.17, 15) is 4.39 Å². The first-order chi connectivity index (χ1) is 9.71. The Balaban J connectivity index is 2.57. The van der Waals surface area contributed by atoms with Gasteiger partial charge in [0.2, 0.25) is 0 Å². The van der Waals surface area contributed by atoms with Crippen LogP contribution >= 0.6 is 0 Å². The molecule has 2 rings (SSSR count). The standard InChI is InChI=1S/C16H18FNO2/c1-18-16(11-6-4-7-12(17)10-11)15-13(19-2)8-5-9-14(15)20-3/h4-10,16,18H,1-3H3. The Morgan fingerprint density at radius 2 is 1.60 bits per heavy atom. The molecule has 3 nitrogen and oxygen atoms in total. The van der Waals surface area contributed by atoms with Crippen molar-refractivity contribution in [3.63, 3.8) is 0 Å². The average molecular weight is 275 g/mol. The summed E-state index contributed by atoms with van der Waals surface area (Å²) in [6.45, 7) is 0. The third-order valence-electron chi connectivity index (χ3n) is 3.23. The summed E-state index contributed by atoms with van der Waals surface area (Å²) >= 11 is 0. The molecule has 0 saturated heterocycles. The Kier molecular flexibility index (Phi) is 4.58. The molecule has 0 spiro atoms. The maximum Gasteiger partial charge on any atom is 0.127 e. The zero-order valence-electron chi connectivity index (χ0n) is 11.8. The second kappa shape index (κ2) is 6.39. The quantitative estimate of drug-likeness (QED) is 0.909. The van der Waals surface area contributed by atoms with E-state index >= 15 is 0 Å². The molecule has 0 aliphatic heterocycles. The average Bonchev–Trinajstić information content (AvgIpc) is 2.48. The number of ether oxygens (including phenoxy) is 2. The van der Waals surface area contributed by atoms with Gasteiger partial charge in [0.1, 0.15) is 17.3 Å². The highest BCUT2D eigenvalue weighted by Gasteiger charge is 2.21. The van der Waals surface area contributed by atoms with Gasteiger partial charge in [0.15, 0.2) is 0 Å². The lowest BCUT2D eigenvalue weighted by Gasteiger charge is -2.22. The lowest BCUT2D eigenvalue weighted by atomic mass is 9.97. The van der Waals surface area contributed by atoms with Crippen LogP contribution in [0, 0.1) is 5.82 Å². The van der Waals surface area contributed by atoms with E-state index in [1.807, 2.05) is 31.3 Å². The lowest BCUT2D eigenvalue weighted by molar-refractivity contribution is 0.378. The molecular weight excluding hydrogens is 257 g/mol. The van der Waals surface area contributed by atoms with E-state index in [0.717, 1.165) is 11.1 Å². The number of rotatable bonds is 5. The monoisotopic (exact) mass is 275 g/mol. The Labute approximate surface area is 118 Å². The van der Waals surface area contributed by atoms with Crippen LogP contribution in [0.25, 0.3) is 0 Å². The highest BCUT2D eigenvalue weighted by Crippen LogP contribution is 2.37. The fraction of sp³-hybridized carbons (Fsp3) is 0.250. The van der Waals surface area contributed by atoms with Crippen LogP contribution in [0.2, 0.25) is 0 Å². The fourth-order valence-electron chi connectivity index (χ4n) is 2.33. The van der Waals surface area contributed by atoms with Crippen LogP contribution in [-0.2, 0) is 0 Å². The molecule has 0 aliphatic carbocycles. The van der Waals surface area contributed by atoms with Gasteiger partial charge in [-0.05, 0) is 36.9 Å². The van der Waals surface area contributed by atoms with Gasteiger partial charge in [-0.25, -0.2) is 4.39 Å². The molecule has 0 aliphatic rings. The van der Waals surface area contributed by atoms with Gasteiger partial charge in [-0.3, -0.25) is 0 Å². The van der Waals surface area contributed by atoms with E-state index in [4.69, 9.17) is 9.47 Å². The van der Waals surface area contributed by atoms with E-state index < -0.39 is 0 Å². The second-order valence-corrected chi connectivity index (χ2v) is 4.35. The predicted octanol–water partition coefficient (Wildman–Crippen LogP) is 3.15. The molecule has 0 radical (unpaired) electrons. The van der Waals surface area contributed by atoms with Gasteiger partial charge in [0.05, 0.1) is 25.8 Å². The van der Waals surface area contributed by atoms with Gasteiger partial charge in [0, 0.05) is 0 Å². The molecule has 0 amide bonds. The van der Waals surface area contributed by atoms with Gasteiger partial charge in [-0.1, -0.05) is 18.2 Å². The zero-order valence-corrected chi connectivity index (χ0v) is 11.8. The van der Waals surface area contributed by atoms with Crippen LogP contribution in [0.4, 0.5) is 4.39 Å². The summed E-state index contributed by atoms with van der Waals surface area (Å²) in [5.74, 6) is 1.14. The van der Waals surface area contributed by atoms with Crippen LogP contribution in [0.1, 0.15) is 17.2 Å². The van der Waals surface area contributed by atoms with Crippen LogP contribution < -0.4 is 14.8 Å². The predicted molar refractivity (Wildman–Crippen MR) is 76.8 cm³/mol.